The van der Waals surface area contributed by atoms with E-state index in [4.69, 9.17) is 82.8 Å². The van der Waals surface area contributed by atoms with Crippen molar-refractivity contribution in [1.29, 1.82) is 0 Å². The van der Waals surface area contributed by atoms with Crippen LogP contribution in [-0.4, -0.2) is 216 Å². The minimum absolute atomic E-state index is 0.254. The molecule has 0 atom stereocenters. The molecule has 0 amide bonds. The molecule has 5 rings (SSSR count). The first-order valence-electron chi connectivity index (χ1n) is 29.9. The number of hydrogen-bond donors (Lipinski definition) is 0. The fourth-order valence-corrected chi connectivity index (χ4v) is 8.69. The number of ether oxygens (including phenoxy) is 16. The van der Waals surface area contributed by atoms with E-state index in [2.05, 4.69) is 96.4 Å². The van der Waals surface area contributed by atoms with E-state index in [1.54, 1.807) is 68.4 Å². The zero-order chi connectivity index (χ0) is 65.8. The van der Waals surface area contributed by atoms with Gasteiger partial charge in [-0.1, -0.05) is 91.9 Å². The summed E-state index contributed by atoms with van der Waals surface area (Å²) in [7, 11) is 22.5. The van der Waals surface area contributed by atoms with E-state index < -0.39 is 0 Å². The van der Waals surface area contributed by atoms with Crippen molar-refractivity contribution in [3.8, 4) is 23.0 Å². The van der Waals surface area contributed by atoms with Gasteiger partial charge in [-0.15, -0.1) is 0 Å². The molecule has 0 aliphatic heterocycles. The second-order valence-electron chi connectivity index (χ2n) is 19.6. The number of rotatable bonds is 52. The van der Waals surface area contributed by atoms with E-state index in [0.717, 1.165) is 45.0 Å². The molecule has 0 aromatic heterocycles. The second kappa shape index (κ2) is 54.1. The normalized spacial score (nSPS) is 11.2. The number of methoxy groups -OCH3 is 4. The Morgan fingerprint density at radius 1 is 0.407 bits per heavy atom. The van der Waals surface area contributed by atoms with Crippen molar-refractivity contribution in [3.05, 3.63) is 138 Å². The van der Waals surface area contributed by atoms with Crippen molar-refractivity contribution in [2.45, 2.75) is 33.1 Å². The number of hydrogen-bond acceptors (Lipinski definition) is 18. The van der Waals surface area contributed by atoms with Gasteiger partial charge in [0.2, 0.25) is 5.69 Å². The standard InChI is InChI=1S/C67H96N4O16.2Au.2ClH/c1-9-71(53-57-20-14-11-15-21-57)63-51-67(87-47-43-83-39-35-79-31-27-75-8)66(86-46-42-82-38-34-78-30-26-74-7)50-62(63)70(4)55-59-23-17-16-22-58(59)54-69(3)61-49-65(85-45-41-81-37-33-77-29-25-73-6)64(84-44-40-80-36-32-76-28-24-72-5)48-60(61)68(2)52-56-18-12-10-13-19-56;;;;/h10-23,48-51H,2-3,24-47,52-55H2,1,4-8H3;;;2*1H/q;2*+1;;/p-2. The van der Waals surface area contributed by atoms with Crippen molar-refractivity contribution in [2.24, 2.45) is 0 Å². The zero-order valence-electron chi connectivity index (χ0n) is 53.8. The van der Waals surface area contributed by atoms with Crippen LogP contribution < -0.4 is 28.7 Å². The van der Waals surface area contributed by atoms with E-state index in [1.165, 1.54) is 0 Å². The Morgan fingerprint density at radius 3 is 1.09 bits per heavy atom. The number of halogens is 2. The summed E-state index contributed by atoms with van der Waals surface area (Å²) in [4.78, 5) is 4.20. The van der Waals surface area contributed by atoms with E-state index >= 15 is 0 Å². The first-order chi connectivity index (χ1) is 44.8. The van der Waals surface area contributed by atoms with Crippen LogP contribution in [0.4, 0.5) is 22.7 Å². The summed E-state index contributed by atoms with van der Waals surface area (Å²) in [5, 5.41) is 0. The molecule has 0 aliphatic carbocycles. The zero-order valence-corrected chi connectivity index (χ0v) is 59.6. The van der Waals surface area contributed by atoms with Gasteiger partial charge in [0, 0.05) is 77.7 Å². The van der Waals surface area contributed by atoms with Crippen molar-refractivity contribution < 1.29 is 125 Å². The van der Waals surface area contributed by atoms with Gasteiger partial charge in [0.15, 0.2) is 23.8 Å². The molecule has 0 saturated heterocycles. The molecule has 0 heterocycles. The predicted octanol–water partition coefficient (Wildman–Crippen LogP) is 10.1. The van der Waals surface area contributed by atoms with Crippen molar-refractivity contribution in [1.82, 2.24) is 0 Å². The summed E-state index contributed by atoms with van der Waals surface area (Å²) in [6.07, 6.45) is 3.46. The van der Waals surface area contributed by atoms with Gasteiger partial charge in [0.1, 0.15) is 45.4 Å². The molecule has 0 spiro atoms. The van der Waals surface area contributed by atoms with Crippen molar-refractivity contribution in [2.75, 3.05) is 204 Å². The summed E-state index contributed by atoms with van der Waals surface area (Å²) in [5.41, 5.74) is 7.64. The molecule has 516 valence electrons. The Morgan fingerprint density at radius 2 is 0.714 bits per heavy atom. The third kappa shape index (κ3) is 34.2. The van der Waals surface area contributed by atoms with Crippen molar-refractivity contribution >= 4 is 54.1 Å². The van der Waals surface area contributed by atoms with E-state index in [0.29, 0.717) is 181 Å². The van der Waals surface area contributed by atoms with Gasteiger partial charge in [-0.3, -0.25) is 7.05 Å². The molecule has 0 saturated carbocycles. The van der Waals surface area contributed by atoms with Crippen LogP contribution >= 0.6 is 18.4 Å². The molecule has 0 aliphatic rings. The van der Waals surface area contributed by atoms with Crippen LogP contribution in [0.3, 0.4) is 0 Å². The Labute approximate surface area is 573 Å². The molecule has 0 N–H and O–H groups in total. The Bertz CT molecular complexity index is 2660. The average Bonchev–Trinajstić information content (AvgIpc) is 0.931. The molecule has 0 radical (unpaired) electrons. The Hall–Kier alpha value is -4.18. The van der Waals surface area contributed by atoms with Gasteiger partial charge < -0.3 is 90.2 Å². The van der Waals surface area contributed by atoms with Crippen LogP contribution in [0.25, 0.3) is 0 Å². The summed E-state index contributed by atoms with van der Waals surface area (Å²) >= 11 is 3.50. The molecule has 5 aromatic rings. The van der Waals surface area contributed by atoms with Crippen LogP contribution in [0.15, 0.2) is 109 Å². The average molecular weight is 1680 g/mol. The number of benzene rings is 5. The summed E-state index contributed by atoms with van der Waals surface area (Å²) in [6.45, 7) is 18.4. The van der Waals surface area contributed by atoms with E-state index in [1.807, 2.05) is 77.1 Å². The Kier molecular flexibility index (Phi) is 48.2. The molecule has 5 aromatic carbocycles. The SMILES string of the molecule is C=[N+](Cc1ccccc1)c1cc(OCCOCCOCCOC)c(OCCOCCOCCOC)cc1N([CH2-])Cc1ccccc1CN(C)c1cc(OCCOCCOCCOC)c(OCCOCCOCCOC)cc1[N+](=[C-]C)Cc1ccccc1.[Cl][Au].[Cl][Au]. The molecule has 24 heteroatoms. The van der Waals surface area contributed by atoms with Gasteiger partial charge in [-0.2, -0.15) is 4.58 Å². The summed E-state index contributed by atoms with van der Waals surface area (Å²) in [5.74, 6) is 2.15. The van der Waals surface area contributed by atoms with Crippen LogP contribution in [-0.2, 0) is 123 Å². The van der Waals surface area contributed by atoms with E-state index in [-0.39, 0.29) is 26.4 Å². The molecular weight excluding hydrogens is 1580 g/mol. The maximum atomic E-state index is 6.54. The molecular formula is C67H96Au2Cl2N4O16. The van der Waals surface area contributed by atoms with Gasteiger partial charge in [0.05, 0.1) is 150 Å². The second-order valence-corrected chi connectivity index (χ2v) is 19.6. The monoisotopic (exact) mass is 1680 g/mol. The van der Waals surface area contributed by atoms with Gasteiger partial charge >= 0.3 is 58.4 Å². The first-order valence-corrected chi connectivity index (χ1v) is 35.3. The fourth-order valence-electron chi connectivity index (χ4n) is 8.69. The predicted molar refractivity (Wildman–Crippen MR) is 349 cm³/mol. The molecule has 0 unspecified atom stereocenters. The minimum atomic E-state index is 0.254. The van der Waals surface area contributed by atoms with Crippen molar-refractivity contribution in [3.63, 3.8) is 0 Å². The number of anilines is 2. The summed E-state index contributed by atoms with van der Waals surface area (Å²) in [6, 6.07) is 36.9. The fraction of sp³-hybridized carbons (Fsp3) is 0.507. The summed E-state index contributed by atoms with van der Waals surface area (Å²) < 4.78 is 96.4. The Balaban J connectivity index is 0.00000529. The molecule has 91 heavy (non-hydrogen) atoms. The van der Waals surface area contributed by atoms with Crippen LogP contribution in [0.5, 0.6) is 23.0 Å². The quantitative estimate of drug-likeness (QED) is 0.0119. The van der Waals surface area contributed by atoms with Gasteiger partial charge in [0.25, 0.3) is 0 Å². The van der Waals surface area contributed by atoms with Gasteiger partial charge in [-0.25, -0.2) is 0 Å². The molecule has 0 bridgehead atoms. The van der Waals surface area contributed by atoms with Gasteiger partial charge in [-0.05, 0) is 23.3 Å². The van der Waals surface area contributed by atoms with Crippen LogP contribution in [0.2, 0.25) is 0 Å². The molecule has 20 nitrogen and oxygen atoms in total. The van der Waals surface area contributed by atoms with Crippen LogP contribution in [0, 0.1) is 7.05 Å². The third-order valence-electron chi connectivity index (χ3n) is 13.2. The van der Waals surface area contributed by atoms with E-state index in [9.17, 15) is 0 Å². The maximum absolute atomic E-state index is 6.54. The number of nitrogens with zero attached hydrogens (tertiary/aromatic N) is 4. The topological polar surface area (TPSA) is 160 Å². The van der Waals surface area contributed by atoms with Crippen LogP contribution in [0.1, 0.15) is 29.2 Å². The molecule has 0 fully saturated rings. The first kappa shape index (κ1) is 81.1. The third-order valence-corrected chi connectivity index (χ3v) is 13.2.